The molecule has 1 aliphatic rings. The quantitative estimate of drug-likeness (QED) is 0.898. The van der Waals surface area contributed by atoms with Crippen LogP contribution in [0.4, 0.5) is 5.69 Å². The molecule has 0 heterocycles. The minimum atomic E-state index is 0.0168. The third-order valence-electron chi connectivity index (χ3n) is 2.96. The number of halogens is 1. The molecule has 1 aromatic carbocycles. The van der Waals surface area contributed by atoms with Crippen LogP contribution in [-0.2, 0) is 4.79 Å². The first-order valence-corrected chi connectivity index (χ1v) is 6.29. The van der Waals surface area contributed by atoms with Crippen LogP contribution in [0.15, 0.2) is 22.7 Å². The lowest BCUT2D eigenvalue weighted by Gasteiger charge is -2.31. The van der Waals surface area contributed by atoms with Crippen molar-refractivity contribution in [3.8, 4) is 5.75 Å². The van der Waals surface area contributed by atoms with Crippen LogP contribution in [0, 0.1) is 5.92 Å². The first kappa shape index (κ1) is 12.4. The molecule has 2 rings (SSSR count). The van der Waals surface area contributed by atoms with Gasteiger partial charge in [0, 0.05) is 16.4 Å². The van der Waals surface area contributed by atoms with Crippen LogP contribution >= 0.6 is 15.9 Å². The molecule has 1 fully saturated rings. The fourth-order valence-corrected chi connectivity index (χ4v) is 2.25. The maximum absolute atomic E-state index is 11.9. The molecule has 92 valence electrons. The Hall–Kier alpha value is -1.07. The average Bonchev–Trinajstić information content (AvgIpc) is 2.25. The number of ether oxygens (including phenoxy) is 1. The molecular weight excluding hydrogens is 284 g/mol. The van der Waals surface area contributed by atoms with Gasteiger partial charge in [0.15, 0.2) is 0 Å². The third-order valence-corrected chi connectivity index (χ3v) is 3.46. The highest BCUT2D eigenvalue weighted by molar-refractivity contribution is 9.10. The van der Waals surface area contributed by atoms with Crippen molar-refractivity contribution in [2.45, 2.75) is 18.9 Å². The van der Waals surface area contributed by atoms with E-state index in [1.165, 1.54) is 0 Å². The standard InChI is InChI=1S/C12H15BrN2O2/c1-17-11-3-2-8(13)6-10(11)15-12(16)7-4-9(14)5-7/h2-3,6-7,9H,4-5,14H2,1H3,(H,15,16). The van der Waals surface area contributed by atoms with Crippen molar-refractivity contribution < 1.29 is 9.53 Å². The Morgan fingerprint density at radius 1 is 1.53 bits per heavy atom. The van der Waals surface area contributed by atoms with E-state index >= 15 is 0 Å². The number of carbonyl (C=O) groups is 1. The number of anilines is 1. The van der Waals surface area contributed by atoms with Gasteiger partial charge in [0.05, 0.1) is 12.8 Å². The molecular formula is C12H15BrN2O2. The zero-order valence-electron chi connectivity index (χ0n) is 9.57. The number of benzene rings is 1. The van der Waals surface area contributed by atoms with Crippen molar-refractivity contribution in [2.24, 2.45) is 11.7 Å². The zero-order valence-corrected chi connectivity index (χ0v) is 11.2. The third kappa shape index (κ3) is 2.79. The Bertz CT molecular complexity index is 431. The van der Waals surface area contributed by atoms with Gasteiger partial charge in [-0.3, -0.25) is 4.79 Å². The van der Waals surface area contributed by atoms with E-state index in [0.29, 0.717) is 11.4 Å². The normalized spacial score (nSPS) is 22.8. The molecule has 5 heteroatoms. The summed E-state index contributed by atoms with van der Waals surface area (Å²) in [6.07, 6.45) is 1.53. The molecule has 0 radical (unpaired) electrons. The second-order valence-corrected chi connectivity index (χ2v) is 5.18. The molecule has 0 spiro atoms. The lowest BCUT2D eigenvalue weighted by Crippen LogP contribution is -2.42. The van der Waals surface area contributed by atoms with E-state index in [4.69, 9.17) is 10.5 Å². The number of carbonyl (C=O) groups excluding carboxylic acids is 1. The summed E-state index contributed by atoms with van der Waals surface area (Å²) in [6.45, 7) is 0. The number of hydrogen-bond acceptors (Lipinski definition) is 3. The van der Waals surface area contributed by atoms with E-state index in [-0.39, 0.29) is 17.9 Å². The monoisotopic (exact) mass is 298 g/mol. The van der Waals surface area contributed by atoms with Gasteiger partial charge in [-0.2, -0.15) is 0 Å². The average molecular weight is 299 g/mol. The summed E-state index contributed by atoms with van der Waals surface area (Å²) in [5.74, 6) is 0.710. The molecule has 1 saturated carbocycles. The van der Waals surface area contributed by atoms with E-state index < -0.39 is 0 Å². The lowest BCUT2D eigenvalue weighted by molar-refractivity contribution is -0.122. The van der Waals surface area contributed by atoms with Crippen LogP contribution in [0.3, 0.4) is 0 Å². The molecule has 0 aliphatic heterocycles. The highest BCUT2D eigenvalue weighted by Gasteiger charge is 2.32. The zero-order chi connectivity index (χ0) is 12.4. The molecule has 3 N–H and O–H groups in total. The van der Waals surface area contributed by atoms with Gasteiger partial charge >= 0.3 is 0 Å². The maximum Gasteiger partial charge on any atom is 0.227 e. The first-order chi connectivity index (χ1) is 8.10. The fourth-order valence-electron chi connectivity index (χ4n) is 1.89. The molecule has 4 nitrogen and oxygen atoms in total. The molecule has 1 aliphatic carbocycles. The summed E-state index contributed by atoms with van der Waals surface area (Å²) in [6, 6.07) is 5.69. The number of nitrogens with two attached hydrogens (primary N) is 1. The van der Waals surface area contributed by atoms with Crippen molar-refractivity contribution in [3.63, 3.8) is 0 Å². The Balaban J connectivity index is 2.07. The van der Waals surface area contributed by atoms with Gasteiger partial charge < -0.3 is 15.8 Å². The second kappa shape index (κ2) is 5.06. The Morgan fingerprint density at radius 3 is 2.82 bits per heavy atom. The van der Waals surface area contributed by atoms with Gasteiger partial charge in [-0.05, 0) is 31.0 Å². The van der Waals surface area contributed by atoms with Crippen LogP contribution in [0.5, 0.6) is 5.75 Å². The van der Waals surface area contributed by atoms with Crippen LogP contribution in [-0.4, -0.2) is 19.1 Å². The van der Waals surface area contributed by atoms with Crippen LogP contribution < -0.4 is 15.8 Å². The number of methoxy groups -OCH3 is 1. The molecule has 1 amide bonds. The summed E-state index contributed by atoms with van der Waals surface area (Å²) in [5.41, 5.74) is 6.36. The predicted molar refractivity (Wildman–Crippen MR) is 70.0 cm³/mol. The largest absolute Gasteiger partial charge is 0.495 e. The predicted octanol–water partition coefficient (Wildman–Crippen LogP) is 2.13. The van der Waals surface area contributed by atoms with Crippen molar-refractivity contribution in [3.05, 3.63) is 22.7 Å². The molecule has 0 aromatic heterocycles. The summed E-state index contributed by atoms with van der Waals surface area (Å²) >= 11 is 3.37. The number of amides is 1. The van der Waals surface area contributed by atoms with Gasteiger partial charge in [0.2, 0.25) is 5.91 Å². The summed E-state index contributed by atoms with van der Waals surface area (Å²) in [7, 11) is 1.58. The van der Waals surface area contributed by atoms with Gasteiger partial charge in [0.1, 0.15) is 5.75 Å². The van der Waals surface area contributed by atoms with E-state index in [1.807, 2.05) is 18.2 Å². The highest BCUT2D eigenvalue weighted by atomic mass is 79.9. The van der Waals surface area contributed by atoms with Crippen LogP contribution in [0.2, 0.25) is 0 Å². The Morgan fingerprint density at radius 2 is 2.24 bits per heavy atom. The van der Waals surface area contributed by atoms with E-state index in [0.717, 1.165) is 17.3 Å². The van der Waals surface area contributed by atoms with Crippen LogP contribution in [0.25, 0.3) is 0 Å². The summed E-state index contributed by atoms with van der Waals surface area (Å²) < 4.78 is 6.10. The molecule has 0 bridgehead atoms. The summed E-state index contributed by atoms with van der Waals surface area (Å²) in [5, 5.41) is 2.88. The number of nitrogens with one attached hydrogen (secondary N) is 1. The van der Waals surface area contributed by atoms with Gasteiger partial charge in [-0.15, -0.1) is 0 Å². The van der Waals surface area contributed by atoms with Gasteiger partial charge in [0.25, 0.3) is 0 Å². The summed E-state index contributed by atoms with van der Waals surface area (Å²) in [4.78, 5) is 11.9. The minimum Gasteiger partial charge on any atom is -0.495 e. The maximum atomic E-state index is 11.9. The fraction of sp³-hybridized carbons (Fsp3) is 0.417. The Kier molecular flexibility index (Phi) is 3.69. The smallest absolute Gasteiger partial charge is 0.227 e. The number of hydrogen-bond donors (Lipinski definition) is 2. The molecule has 0 atom stereocenters. The van der Waals surface area contributed by atoms with Crippen molar-refractivity contribution in [1.29, 1.82) is 0 Å². The van der Waals surface area contributed by atoms with E-state index in [2.05, 4.69) is 21.2 Å². The van der Waals surface area contributed by atoms with Crippen molar-refractivity contribution in [1.82, 2.24) is 0 Å². The second-order valence-electron chi connectivity index (χ2n) is 4.26. The number of rotatable bonds is 3. The van der Waals surface area contributed by atoms with Crippen molar-refractivity contribution >= 4 is 27.5 Å². The van der Waals surface area contributed by atoms with Gasteiger partial charge in [-0.1, -0.05) is 15.9 Å². The topological polar surface area (TPSA) is 64.3 Å². The first-order valence-electron chi connectivity index (χ1n) is 5.50. The van der Waals surface area contributed by atoms with E-state index in [9.17, 15) is 4.79 Å². The van der Waals surface area contributed by atoms with Crippen molar-refractivity contribution in [2.75, 3.05) is 12.4 Å². The minimum absolute atomic E-state index is 0.0168. The SMILES string of the molecule is COc1ccc(Br)cc1NC(=O)C1CC(N)C1. The molecule has 0 unspecified atom stereocenters. The molecule has 0 saturated heterocycles. The highest BCUT2D eigenvalue weighted by Crippen LogP contribution is 2.31. The Labute approximate surface area is 109 Å². The molecule has 17 heavy (non-hydrogen) atoms. The molecule has 1 aromatic rings. The van der Waals surface area contributed by atoms with E-state index in [1.54, 1.807) is 7.11 Å². The lowest BCUT2D eigenvalue weighted by atomic mass is 9.80. The van der Waals surface area contributed by atoms with Gasteiger partial charge in [-0.25, -0.2) is 0 Å². The van der Waals surface area contributed by atoms with Crippen LogP contribution in [0.1, 0.15) is 12.8 Å².